The molecule has 0 aliphatic carbocycles. The van der Waals surface area contributed by atoms with Gasteiger partial charge in [0.15, 0.2) is 0 Å². The molecule has 14 heteroatoms. The van der Waals surface area contributed by atoms with Crippen LogP contribution in [0.1, 0.15) is 11.7 Å². The fraction of sp³-hybridized carbons (Fsp3) is 0.409. The summed E-state index contributed by atoms with van der Waals surface area (Å²) < 4.78 is 69.2. The highest BCUT2D eigenvalue weighted by Gasteiger charge is 2.38. The summed E-state index contributed by atoms with van der Waals surface area (Å²) in [7, 11) is 1.80. The van der Waals surface area contributed by atoms with Gasteiger partial charge in [0, 0.05) is 57.9 Å². The number of anilines is 1. The number of carboxylic acid groups (broad SMARTS) is 2. The van der Waals surface area contributed by atoms with Gasteiger partial charge in [0.05, 0.1) is 6.10 Å². The maximum Gasteiger partial charge on any atom is 0.490 e. The van der Waals surface area contributed by atoms with Gasteiger partial charge >= 0.3 is 24.3 Å². The number of piperazine rings is 1. The molecule has 1 aromatic heterocycles. The zero-order chi connectivity index (χ0) is 27.4. The Morgan fingerprint density at radius 1 is 0.889 bits per heavy atom. The minimum Gasteiger partial charge on any atom is -0.475 e. The molecule has 0 amide bonds. The highest BCUT2D eigenvalue weighted by Crippen LogP contribution is 2.20. The molecule has 2 heterocycles. The Bertz CT molecular complexity index is 897. The van der Waals surface area contributed by atoms with E-state index in [1.807, 2.05) is 18.5 Å². The van der Waals surface area contributed by atoms with E-state index in [9.17, 15) is 26.3 Å². The molecule has 3 rings (SSSR count). The minimum absolute atomic E-state index is 0.147. The molecule has 0 spiro atoms. The Morgan fingerprint density at radius 3 is 1.72 bits per heavy atom. The molecular weight excluding hydrogens is 500 g/mol. The van der Waals surface area contributed by atoms with Crippen LogP contribution in [0.2, 0.25) is 0 Å². The van der Waals surface area contributed by atoms with Crippen molar-refractivity contribution in [1.82, 2.24) is 9.88 Å². The molecule has 2 aromatic rings. The summed E-state index contributed by atoms with van der Waals surface area (Å²) in [6.07, 6.45) is -6.30. The van der Waals surface area contributed by atoms with Crippen LogP contribution in [0.4, 0.5) is 32.0 Å². The van der Waals surface area contributed by atoms with E-state index >= 15 is 0 Å². The van der Waals surface area contributed by atoms with Crippen LogP contribution in [0.5, 0.6) is 0 Å². The maximum atomic E-state index is 10.6. The van der Waals surface area contributed by atoms with Crippen LogP contribution in [-0.2, 0) is 14.3 Å². The number of nitrogens with zero attached hydrogens (tertiary/aromatic N) is 3. The molecule has 8 nitrogen and oxygen atoms in total. The first-order valence-electron chi connectivity index (χ1n) is 10.3. The average molecular weight is 525 g/mol. The number of hydrogen-bond donors (Lipinski definition) is 2. The third-order valence-electron chi connectivity index (χ3n) is 4.77. The lowest BCUT2D eigenvalue weighted by Gasteiger charge is -2.37. The van der Waals surface area contributed by atoms with Gasteiger partial charge in [-0.25, -0.2) is 9.59 Å². The van der Waals surface area contributed by atoms with Crippen molar-refractivity contribution in [1.29, 1.82) is 0 Å². The number of aromatic nitrogens is 1. The van der Waals surface area contributed by atoms with E-state index in [1.54, 1.807) is 7.11 Å². The zero-order valence-electron chi connectivity index (χ0n) is 19.0. The lowest BCUT2D eigenvalue weighted by Crippen LogP contribution is -2.47. The van der Waals surface area contributed by atoms with Gasteiger partial charge < -0.3 is 19.8 Å². The van der Waals surface area contributed by atoms with Gasteiger partial charge in [0.1, 0.15) is 0 Å². The summed E-state index contributed by atoms with van der Waals surface area (Å²) in [6.45, 7) is 5.18. The van der Waals surface area contributed by atoms with Crippen LogP contribution in [0, 0.1) is 0 Å². The molecule has 0 saturated carbocycles. The van der Waals surface area contributed by atoms with E-state index in [1.165, 1.54) is 11.3 Å². The van der Waals surface area contributed by atoms with Crippen LogP contribution in [-0.4, -0.2) is 84.2 Å². The molecule has 1 aliphatic rings. The lowest BCUT2D eigenvalue weighted by atomic mass is 10.1. The highest BCUT2D eigenvalue weighted by atomic mass is 19.4. The van der Waals surface area contributed by atoms with Crippen molar-refractivity contribution in [3.05, 3.63) is 60.4 Å². The number of ether oxygens (including phenoxy) is 1. The van der Waals surface area contributed by atoms with Gasteiger partial charge in [-0.15, -0.1) is 0 Å². The predicted molar refractivity (Wildman–Crippen MR) is 116 cm³/mol. The monoisotopic (exact) mass is 525 g/mol. The normalized spacial score (nSPS) is 15.0. The van der Waals surface area contributed by atoms with E-state index < -0.39 is 24.3 Å². The van der Waals surface area contributed by atoms with Crippen molar-refractivity contribution in [2.75, 3.05) is 44.7 Å². The summed E-state index contributed by atoms with van der Waals surface area (Å²) in [5, 5.41) is 14.2. The van der Waals surface area contributed by atoms with Gasteiger partial charge in [-0.05, 0) is 17.7 Å². The van der Waals surface area contributed by atoms with Crippen LogP contribution < -0.4 is 4.90 Å². The Balaban J connectivity index is 0.000000383. The van der Waals surface area contributed by atoms with Gasteiger partial charge in [-0.2, -0.15) is 26.3 Å². The Morgan fingerprint density at radius 2 is 1.33 bits per heavy atom. The summed E-state index contributed by atoms with van der Waals surface area (Å²) in [6, 6.07) is 14.6. The molecule has 0 unspecified atom stereocenters. The maximum absolute atomic E-state index is 10.6. The molecule has 0 bridgehead atoms. The number of aliphatic carboxylic acids is 2. The SMILES string of the molecule is CO[C@@H](CN1CCN(c2ccncc2)CC1)c1ccccc1.O=C(O)C(F)(F)F.O=C(O)C(F)(F)F. The van der Waals surface area contributed by atoms with Crippen LogP contribution in [0.25, 0.3) is 0 Å². The fourth-order valence-corrected chi connectivity index (χ4v) is 2.96. The molecule has 1 fully saturated rings. The smallest absolute Gasteiger partial charge is 0.475 e. The molecule has 0 radical (unpaired) electrons. The van der Waals surface area contributed by atoms with E-state index in [0.29, 0.717) is 0 Å². The molecule has 1 aromatic carbocycles. The van der Waals surface area contributed by atoms with E-state index in [-0.39, 0.29) is 6.10 Å². The Labute approximate surface area is 202 Å². The standard InChI is InChI=1S/C18H23N3O.2C2HF3O2/c1-22-18(16-5-3-2-4-6-16)15-20-11-13-21(14-12-20)17-7-9-19-10-8-17;2*3-2(4,5)1(6)7/h2-10,18H,11-15H2,1H3;2*(H,6,7)/t18-;;/m0../s1. The van der Waals surface area contributed by atoms with Gasteiger partial charge in [0.25, 0.3) is 0 Å². The molecule has 1 aliphatic heterocycles. The Hall–Kier alpha value is -3.39. The number of halogens is 6. The van der Waals surface area contributed by atoms with Crippen molar-refractivity contribution < 1.29 is 50.9 Å². The predicted octanol–water partition coefficient (Wildman–Crippen LogP) is 3.86. The summed E-state index contributed by atoms with van der Waals surface area (Å²) >= 11 is 0. The minimum atomic E-state index is -5.08. The molecule has 1 atom stereocenters. The first-order chi connectivity index (χ1) is 16.8. The lowest BCUT2D eigenvalue weighted by molar-refractivity contribution is -0.193. The average Bonchev–Trinajstić information content (AvgIpc) is 2.83. The van der Waals surface area contributed by atoms with Crippen LogP contribution in [0.3, 0.4) is 0 Å². The zero-order valence-corrected chi connectivity index (χ0v) is 19.0. The quantitative estimate of drug-likeness (QED) is 0.568. The van der Waals surface area contributed by atoms with Crippen molar-refractivity contribution >= 4 is 17.6 Å². The first-order valence-corrected chi connectivity index (χ1v) is 10.3. The number of methoxy groups -OCH3 is 1. The van der Waals surface area contributed by atoms with Crippen LogP contribution >= 0.6 is 0 Å². The summed E-state index contributed by atoms with van der Waals surface area (Å²) in [4.78, 5) is 26.8. The second kappa shape index (κ2) is 14.2. The third-order valence-corrected chi connectivity index (χ3v) is 4.77. The summed E-state index contributed by atoms with van der Waals surface area (Å²) in [5.41, 5.74) is 2.52. The van der Waals surface area contributed by atoms with Crippen LogP contribution in [0.15, 0.2) is 54.9 Å². The van der Waals surface area contributed by atoms with Gasteiger partial charge in [-0.1, -0.05) is 30.3 Å². The molecule has 200 valence electrons. The number of carbonyl (C=O) groups is 2. The molecule has 1 saturated heterocycles. The number of pyridine rings is 1. The number of hydrogen-bond acceptors (Lipinski definition) is 6. The molecule has 36 heavy (non-hydrogen) atoms. The second-order valence-electron chi connectivity index (χ2n) is 7.23. The topological polar surface area (TPSA) is 103 Å². The fourth-order valence-electron chi connectivity index (χ4n) is 2.96. The Kier molecular flexibility index (Phi) is 12.1. The number of carboxylic acids is 2. The first kappa shape index (κ1) is 30.6. The van der Waals surface area contributed by atoms with Crippen molar-refractivity contribution in [2.45, 2.75) is 18.5 Å². The molecule has 2 N–H and O–H groups in total. The molecular formula is C22H25F6N3O5. The number of benzene rings is 1. The number of rotatable bonds is 5. The van der Waals surface area contributed by atoms with E-state index in [4.69, 9.17) is 24.5 Å². The van der Waals surface area contributed by atoms with Crippen molar-refractivity contribution in [2.24, 2.45) is 0 Å². The van der Waals surface area contributed by atoms with Crippen molar-refractivity contribution in [3.63, 3.8) is 0 Å². The highest BCUT2D eigenvalue weighted by molar-refractivity contribution is 5.73. The second-order valence-corrected chi connectivity index (χ2v) is 7.23. The van der Waals surface area contributed by atoms with E-state index in [0.717, 1.165) is 32.7 Å². The summed E-state index contributed by atoms with van der Waals surface area (Å²) in [5.74, 6) is -5.51. The van der Waals surface area contributed by atoms with Crippen molar-refractivity contribution in [3.8, 4) is 0 Å². The van der Waals surface area contributed by atoms with Gasteiger partial charge in [-0.3, -0.25) is 9.88 Å². The van der Waals surface area contributed by atoms with Gasteiger partial charge in [0.2, 0.25) is 0 Å². The van der Waals surface area contributed by atoms with E-state index in [2.05, 4.69) is 51.2 Å². The largest absolute Gasteiger partial charge is 0.490 e. The third kappa shape index (κ3) is 11.4. The number of alkyl halides is 6.